The number of hydrogen-bond donors (Lipinski definition) is 4. The van der Waals surface area contributed by atoms with E-state index in [-0.39, 0.29) is 22.4 Å². The summed E-state index contributed by atoms with van der Waals surface area (Å²) < 4.78 is 15.4. The van der Waals surface area contributed by atoms with Gasteiger partial charge in [-0.25, -0.2) is 4.39 Å². The Kier molecular flexibility index (Phi) is 5.47. The lowest BCUT2D eigenvalue weighted by Gasteiger charge is -2.36. The van der Waals surface area contributed by atoms with Crippen LogP contribution < -0.4 is 22.5 Å². The number of nitrogens with zero attached hydrogens (tertiary/aromatic N) is 1. The predicted molar refractivity (Wildman–Crippen MR) is 132 cm³/mol. The molecule has 5 rings (SSSR count). The van der Waals surface area contributed by atoms with Crippen LogP contribution in [-0.4, -0.2) is 41.6 Å². The Balaban J connectivity index is 1.61. The largest absolute Gasteiger partial charge is 0.398 e. The van der Waals surface area contributed by atoms with E-state index in [0.29, 0.717) is 46.4 Å². The Bertz CT molecular complexity index is 1420. The quantitative estimate of drug-likeness (QED) is 0.323. The molecule has 0 spiro atoms. The van der Waals surface area contributed by atoms with E-state index in [1.807, 2.05) is 0 Å². The minimum absolute atomic E-state index is 0.00676. The molecule has 1 aliphatic carbocycles. The standard InChI is InChI=1S/C25H24FN5O3S/c1-2-17(32)31-10-9-12(11-31)30-24(34)22-19-18-14(7-8-16(27)21(18)35-22)25(29,23(33)20(19)28)13-5-3-4-6-15(13)26/h2-8,12,20H,1,9-11,27-29H2,(H,30,34). The second-order valence-corrected chi connectivity index (χ2v) is 9.85. The lowest BCUT2D eigenvalue weighted by molar-refractivity contribution is -0.125. The highest BCUT2D eigenvalue weighted by molar-refractivity contribution is 7.21. The number of thiophene rings is 1. The average Bonchev–Trinajstić information content (AvgIpc) is 3.48. The van der Waals surface area contributed by atoms with Crippen LogP contribution in [0.25, 0.3) is 10.1 Å². The van der Waals surface area contributed by atoms with Crippen LogP contribution in [0.5, 0.6) is 0 Å². The minimum Gasteiger partial charge on any atom is -0.398 e. The molecule has 3 unspecified atom stereocenters. The molecule has 3 atom stereocenters. The van der Waals surface area contributed by atoms with E-state index in [4.69, 9.17) is 17.2 Å². The van der Waals surface area contributed by atoms with Crippen molar-refractivity contribution in [1.82, 2.24) is 10.2 Å². The smallest absolute Gasteiger partial charge is 0.262 e. The molecular formula is C25H24FN5O3S. The molecule has 35 heavy (non-hydrogen) atoms. The number of carbonyl (C=O) groups is 3. The van der Waals surface area contributed by atoms with Gasteiger partial charge in [-0.05, 0) is 30.2 Å². The number of nitrogens with one attached hydrogen (secondary N) is 1. The monoisotopic (exact) mass is 493 g/mol. The lowest BCUT2D eigenvalue weighted by Crippen LogP contribution is -2.53. The third-order valence-corrected chi connectivity index (χ3v) is 8.08. The third kappa shape index (κ3) is 3.36. The molecule has 180 valence electrons. The fraction of sp³-hybridized carbons (Fsp3) is 0.240. The van der Waals surface area contributed by atoms with E-state index >= 15 is 0 Å². The zero-order valence-electron chi connectivity index (χ0n) is 18.7. The number of hydrogen-bond acceptors (Lipinski definition) is 7. The summed E-state index contributed by atoms with van der Waals surface area (Å²) in [5.41, 5.74) is 18.6. The van der Waals surface area contributed by atoms with Gasteiger partial charge in [0.1, 0.15) is 11.4 Å². The van der Waals surface area contributed by atoms with Crippen molar-refractivity contribution in [2.24, 2.45) is 11.5 Å². The second kappa shape index (κ2) is 8.26. The molecule has 2 amide bonds. The maximum atomic E-state index is 14.8. The van der Waals surface area contributed by atoms with Gasteiger partial charge >= 0.3 is 0 Å². The molecule has 0 radical (unpaired) electrons. The Labute approximate surface area is 204 Å². The molecule has 1 aromatic heterocycles. The van der Waals surface area contributed by atoms with Gasteiger partial charge in [0, 0.05) is 41.3 Å². The van der Waals surface area contributed by atoms with Crippen LogP contribution in [0, 0.1) is 5.82 Å². The lowest BCUT2D eigenvalue weighted by atomic mass is 9.70. The highest BCUT2D eigenvalue weighted by atomic mass is 32.1. The van der Waals surface area contributed by atoms with Gasteiger partial charge in [0.25, 0.3) is 5.91 Å². The van der Waals surface area contributed by atoms with Crippen molar-refractivity contribution in [3.63, 3.8) is 0 Å². The van der Waals surface area contributed by atoms with E-state index in [1.165, 1.54) is 24.3 Å². The summed E-state index contributed by atoms with van der Waals surface area (Å²) in [6.07, 6.45) is 1.83. The van der Waals surface area contributed by atoms with Crippen LogP contribution in [0.15, 0.2) is 49.1 Å². The Hall–Kier alpha value is -3.60. The van der Waals surface area contributed by atoms with Crippen molar-refractivity contribution in [3.05, 3.63) is 76.4 Å². The molecule has 0 saturated carbocycles. The number of nitrogens with two attached hydrogens (primary N) is 3. The zero-order chi connectivity index (χ0) is 25.1. The van der Waals surface area contributed by atoms with E-state index in [2.05, 4.69) is 11.9 Å². The van der Waals surface area contributed by atoms with Crippen molar-refractivity contribution in [3.8, 4) is 0 Å². The molecule has 2 aliphatic rings. The van der Waals surface area contributed by atoms with Gasteiger partial charge in [0.15, 0.2) is 5.78 Å². The molecule has 3 aromatic rings. The average molecular weight is 494 g/mol. The van der Waals surface area contributed by atoms with Gasteiger partial charge in [-0.2, -0.15) is 0 Å². The number of ketones is 1. The van der Waals surface area contributed by atoms with E-state index in [0.717, 1.165) is 11.3 Å². The van der Waals surface area contributed by atoms with E-state index in [1.54, 1.807) is 23.1 Å². The Morgan fingerprint density at radius 1 is 1.23 bits per heavy atom. The molecule has 1 aliphatic heterocycles. The molecule has 0 bridgehead atoms. The fourth-order valence-electron chi connectivity index (χ4n) is 5.07. The van der Waals surface area contributed by atoms with Gasteiger partial charge in [0.05, 0.1) is 15.6 Å². The van der Waals surface area contributed by atoms with Crippen molar-refractivity contribution in [2.75, 3.05) is 18.8 Å². The maximum Gasteiger partial charge on any atom is 0.262 e. The normalized spacial score (nSPS) is 23.5. The highest BCUT2D eigenvalue weighted by Gasteiger charge is 2.49. The number of likely N-dealkylation sites (tertiary alicyclic amines) is 1. The first-order valence-corrected chi connectivity index (χ1v) is 11.9. The number of benzene rings is 2. The van der Waals surface area contributed by atoms with Gasteiger partial charge in [-0.3, -0.25) is 14.4 Å². The number of rotatable bonds is 4. The van der Waals surface area contributed by atoms with Gasteiger partial charge < -0.3 is 27.4 Å². The first-order chi connectivity index (χ1) is 16.7. The second-order valence-electron chi connectivity index (χ2n) is 8.83. The number of Topliss-reactive ketones (excluding diaryl/α,β-unsaturated/α-hetero) is 1. The molecule has 2 aromatic carbocycles. The Morgan fingerprint density at radius 3 is 2.69 bits per heavy atom. The van der Waals surface area contributed by atoms with Gasteiger partial charge in [-0.1, -0.05) is 30.8 Å². The molecule has 7 N–H and O–H groups in total. The molecule has 8 nitrogen and oxygen atoms in total. The summed E-state index contributed by atoms with van der Waals surface area (Å²) >= 11 is 1.12. The number of amides is 2. The van der Waals surface area contributed by atoms with Crippen molar-refractivity contribution >= 4 is 44.7 Å². The van der Waals surface area contributed by atoms with E-state index in [9.17, 15) is 18.8 Å². The molecule has 1 saturated heterocycles. The molecule has 10 heteroatoms. The van der Waals surface area contributed by atoms with Crippen molar-refractivity contribution < 1.29 is 18.8 Å². The summed E-state index contributed by atoms with van der Waals surface area (Å²) in [6, 6.07) is 7.49. The number of carbonyl (C=O) groups excluding carboxylic acids is 3. The summed E-state index contributed by atoms with van der Waals surface area (Å²) in [4.78, 5) is 40.7. The summed E-state index contributed by atoms with van der Waals surface area (Å²) in [5.74, 6) is -1.85. The third-order valence-electron chi connectivity index (χ3n) is 6.83. The van der Waals surface area contributed by atoms with Crippen molar-refractivity contribution in [2.45, 2.75) is 24.0 Å². The molecule has 1 fully saturated rings. The van der Waals surface area contributed by atoms with Crippen LogP contribution in [0.1, 0.15) is 38.8 Å². The van der Waals surface area contributed by atoms with Crippen LogP contribution in [0.2, 0.25) is 0 Å². The minimum atomic E-state index is -1.84. The highest BCUT2D eigenvalue weighted by Crippen LogP contribution is 2.49. The van der Waals surface area contributed by atoms with Crippen LogP contribution in [0.3, 0.4) is 0 Å². The van der Waals surface area contributed by atoms with E-state index < -0.39 is 29.1 Å². The van der Waals surface area contributed by atoms with Crippen molar-refractivity contribution in [1.29, 1.82) is 0 Å². The predicted octanol–water partition coefficient (Wildman–Crippen LogP) is 1.92. The first kappa shape index (κ1) is 23.2. The van der Waals surface area contributed by atoms with Gasteiger partial charge in [-0.15, -0.1) is 11.3 Å². The molecular weight excluding hydrogens is 469 g/mol. The Morgan fingerprint density at radius 2 is 1.97 bits per heavy atom. The topological polar surface area (TPSA) is 145 Å². The summed E-state index contributed by atoms with van der Waals surface area (Å²) in [5, 5.41) is 3.45. The molecule has 2 heterocycles. The fourth-order valence-corrected chi connectivity index (χ4v) is 6.27. The van der Waals surface area contributed by atoms with Crippen LogP contribution in [0.4, 0.5) is 10.1 Å². The zero-order valence-corrected chi connectivity index (χ0v) is 19.5. The number of halogens is 1. The number of nitrogen functional groups attached to an aromatic ring is 1. The first-order valence-electron chi connectivity index (χ1n) is 11.1. The van der Waals surface area contributed by atoms with Gasteiger partial charge in [0.2, 0.25) is 5.91 Å². The van der Waals surface area contributed by atoms with Crippen LogP contribution >= 0.6 is 11.3 Å². The summed E-state index contributed by atoms with van der Waals surface area (Å²) in [7, 11) is 0. The van der Waals surface area contributed by atoms with Crippen LogP contribution in [-0.2, 0) is 15.1 Å². The summed E-state index contributed by atoms with van der Waals surface area (Å²) in [6.45, 7) is 4.35. The SMILES string of the molecule is C=CC(=O)N1CCC(NC(=O)c2sc3c(N)ccc4c3c2C(N)C(=O)C4(N)c2ccccc2F)C1. The maximum absolute atomic E-state index is 14.8. The number of anilines is 1.